The Bertz CT molecular complexity index is 637. The number of hydrogen-bond donors (Lipinski definition) is 0. The largest absolute Gasteiger partial charge is 0.471 e. The van der Waals surface area contributed by atoms with Crippen molar-refractivity contribution in [2.45, 2.75) is 26.2 Å². The van der Waals surface area contributed by atoms with Crippen LogP contribution in [0.5, 0.6) is 0 Å². The summed E-state index contributed by atoms with van der Waals surface area (Å²) in [5, 5.41) is 0. The first-order valence-corrected chi connectivity index (χ1v) is 6.72. The number of alkyl halides is 6. The van der Waals surface area contributed by atoms with E-state index >= 15 is 0 Å². The van der Waals surface area contributed by atoms with Crippen molar-refractivity contribution < 1.29 is 35.9 Å². The summed E-state index contributed by atoms with van der Waals surface area (Å²) in [4.78, 5) is 23.8. The van der Waals surface area contributed by atoms with Crippen LogP contribution in [0.4, 0.5) is 37.7 Å². The topological polar surface area (TPSA) is 40.6 Å². The third-order valence-corrected chi connectivity index (χ3v) is 3.70. The summed E-state index contributed by atoms with van der Waals surface area (Å²) in [6, 6.07) is 2.34. The highest BCUT2D eigenvalue weighted by molar-refractivity contribution is 6.07. The first kappa shape index (κ1) is 18.1. The number of carbonyl (C=O) groups excluding carboxylic acids is 2. The quantitative estimate of drug-likeness (QED) is 0.672. The molecular weight excluding hydrogens is 342 g/mol. The second-order valence-electron chi connectivity index (χ2n) is 5.33. The van der Waals surface area contributed by atoms with E-state index < -0.39 is 37.3 Å². The minimum atomic E-state index is -5.17. The lowest BCUT2D eigenvalue weighted by molar-refractivity contribution is -0.171. The number of nitrogens with zero attached hydrogens (tertiary/aromatic N) is 2. The highest BCUT2D eigenvalue weighted by Crippen LogP contribution is 2.39. The van der Waals surface area contributed by atoms with E-state index in [2.05, 4.69) is 0 Å². The fourth-order valence-electron chi connectivity index (χ4n) is 2.39. The van der Waals surface area contributed by atoms with Gasteiger partial charge in [0.15, 0.2) is 0 Å². The van der Waals surface area contributed by atoms with Crippen LogP contribution in [0, 0.1) is 13.8 Å². The Kier molecular flexibility index (Phi) is 4.28. The molecule has 0 aliphatic carbocycles. The van der Waals surface area contributed by atoms with E-state index in [1.165, 1.54) is 26.0 Å². The van der Waals surface area contributed by atoms with Crippen LogP contribution >= 0.6 is 0 Å². The van der Waals surface area contributed by atoms with E-state index in [0.29, 0.717) is 20.9 Å². The smallest absolute Gasteiger partial charge is 0.301 e. The Morgan fingerprint density at radius 2 is 1.08 bits per heavy atom. The lowest BCUT2D eigenvalue weighted by Crippen LogP contribution is -2.52. The molecule has 0 atom stereocenters. The number of carbonyl (C=O) groups is 2. The predicted octanol–water partition coefficient (Wildman–Crippen LogP) is 3.11. The lowest BCUT2D eigenvalue weighted by Gasteiger charge is -2.37. The molecule has 0 unspecified atom stereocenters. The van der Waals surface area contributed by atoms with Crippen LogP contribution in [0.1, 0.15) is 11.1 Å². The van der Waals surface area contributed by atoms with Gasteiger partial charge in [0.2, 0.25) is 0 Å². The fourth-order valence-corrected chi connectivity index (χ4v) is 2.39. The summed E-state index contributed by atoms with van der Waals surface area (Å²) in [5.74, 6) is -4.38. The average Bonchev–Trinajstić information content (AvgIpc) is 2.44. The maximum atomic E-state index is 12.7. The molecule has 1 aliphatic heterocycles. The van der Waals surface area contributed by atoms with E-state index in [1.807, 2.05) is 0 Å². The van der Waals surface area contributed by atoms with Crippen molar-refractivity contribution in [3.63, 3.8) is 0 Å². The van der Waals surface area contributed by atoms with Crippen LogP contribution in [0.25, 0.3) is 0 Å². The van der Waals surface area contributed by atoms with Gasteiger partial charge in [-0.15, -0.1) is 0 Å². The molecule has 1 aliphatic rings. The van der Waals surface area contributed by atoms with Gasteiger partial charge in [0.25, 0.3) is 0 Å². The van der Waals surface area contributed by atoms with Gasteiger partial charge in [-0.3, -0.25) is 9.59 Å². The molecule has 0 spiro atoms. The van der Waals surface area contributed by atoms with Crippen LogP contribution in [0.15, 0.2) is 12.1 Å². The molecule has 10 heteroatoms. The predicted molar refractivity (Wildman–Crippen MR) is 72.7 cm³/mol. The van der Waals surface area contributed by atoms with Gasteiger partial charge in [-0.05, 0) is 37.1 Å². The Balaban J connectivity index is 2.57. The second-order valence-corrected chi connectivity index (χ2v) is 5.33. The molecule has 132 valence electrons. The van der Waals surface area contributed by atoms with E-state index in [1.54, 1.807) is 0 Å². The van der Waals surface area contributed by atoms with Gasteiger partial charge in [-0.25, -0.2) is 0 Å². The Labute approximate surface area is 132 Å². The average molecular weight is 354 g/mol. The molecule has 4 nitrogen and oxygen atoms in total. The standard InChI is InChI=1S/C14H12F6N2O2/c1-7-5-9-10(6-8(7)2)22(12(24)14(18,19)20)4-3-21(9)11(23)13(15,16)17/h5-6H,3-4H2,1-2H3. The number of benzene rings is 1. The summed E-state index contributed by atoms with van der Waals surface area (Å²) >= 11 is 0. The van der Waals surface area contributed by atoms with Gasteiger partial charge in [0, 0.05) is 13.1 Å². The molecule has 0 N–H and O–H groups in total. The number of anilines is 2. The van der Waals surface area contributed by atoms with Crippen molar-refractivity contribution in [1.29, 1.82) is 0 Å². The van der Waals surface area contributed by atoms with Crippen LogP contribution in [-0.2, 0) is 9.59 Å². The van der Waals surface area contributed by atoms with Crippen LogP contribution in [-0.4, -0.2) is 37.3 Å². The summed E-state index contributed by atoms with van der Waals surface area (Å²) in [7, 11) is 0. The SMILES string of the molecule is Cc1cc2c(cc1C)N(C(=O)C(F)(F)F)CCN2C(=O)C(F)(F)F. The molecular formula is C14H12F6N2O2. The van der Waals surface area contributed by atoms with Crippen molar-refractivity contribution in [2.24, 2.45) is 0 Å². The van der Waals surface area contributed by atoms with Gasteiger partial charge in [-0.1, -0.05) is 0 Å². The maximum Gasteiger partial charge on any atom is 0.471 e. The Morgan fingerprint density at radius 1 is 0.792 bits per heavy atom. The van der Waals surface area contributed by atoms with Crippen molar-refractivity contribution in [3.05, 3.63) is 23.3 Å². The number of fused-ring (bicyclic) bond motifs is 1. The Hall–Kier alpha value is -2.26. The zero-order valence-corrected chi connectivity index (χ0v) is 12.5. The molecule has 2 amide bonds. The minimum Gasteiger partial charge on any atom is -0.301 e. The molecule has 0 saturated carbocycles. The van der Waals surface area contributed by atoms with Gasteiger partial charge in [-0.2, -0.15) is 26.3 Å². The number of amides is 2. The number of hydrogen-bond acceptors (Lipinski definition) is 2. The van der Waals surface area contributed by atoms with Crippen LogP contribution < -0.4 is 9.80 Å². The maximum absolute atomic E-state index is 12.7. The molecule has 0 fully saturated rings. The van der Waals surface area contributed by atoms with Crippen LogP contribution in [0.2, 0.25) is 0 Å². The summed E-state index contributed by atoms with van der Waals surface area (Å²) in [6.07, 6.45) is -10.3. The fraction of sp³-hybridized carbons (Fsp3) is 0.429. The molecule has 1 aromatic rings. The van der Waals surface area contributed by atoms with Gasteiger partial charge >= 0.3 is 24.2 Å². The first-order chi connectivity index (χ1) is 10.8. The molecule has 0 aromatic heterocycles. The number of halogens is 6. The molecule has 2 rings (SSSR count). The third-order valence-electron chi connectivity index (χ3n) is 3.70. The van der Waals surface area contributed by atoms with Gasteiger partial charge in [0.05, 0.1) is 11.4 Å². The summed E-state index contributed by atoms with van der Waals surface area (Å²) in [5.41, 5.74) is 0.221. The third kappa shape index (κ3) is 3.17. The van der Waals surface area contributed by atoms with Crippen molar-refractivity contribution in [1.82, 2.24) is 0 Å². The van der Waals surface area contributed by atoms with Crippen molar-refractivity contribution in [2.75, 3.05) is 22.9 Å². The summed E-state index contributed by atoms with van der Waals surface area (Å²) < 4.78 is 76.2. The molecule has 1 aromatic carbocycles. The van der Waals surface area contributed by atoms with E-state index in [9.17, 15) is 35.9 Å². The zero-order chi connectivity index (χ0) is 18.4. The number of aryl methyl sites for hydroxylation is 2. The molecule has 24 heavy (non-hydrogen) atoms. The normalized spacial score (nSPS) is 15.3. The first-order valence-electron chi connectivity index (χ1n) is 6.72. The molecule has 0 bridgehead atoms. The van der Waals surface area contributed by atoms with Crippen molar-refractivity contribution >= 4 is 23.2 Å². The number of rotatable bonds is 0. The molecule has 0 saturated heterocycles. The summed E-state index contributed by atoms with van der Waals surface area (Å²) in [6.45, 7) is 1.71. The molecule has 1 heterocycles. The minimum absolute atomic E-state index is 0.349. The van der Waals surface area contributed by atoms with Crippen molar-refractivity contribution in [3.8, 4) is 0 Å². The Morgan fingerprint density at radius 3 is 1.33 bits per heavy atom. The van der Waals surface area contributed by atoms with E-state index in [-0.39, 0.29) is 11.4 Å². The van der Waals surface area contributed by atoms with E-state index in [0.717, 1.165) is 0 Å². The zero-order valence-electron chi connectivity index (χ0n) is 12.5. The van der Waals surface area contributed by atoms with E-state index in [4.69, 9.17) is 0 Å². The van der Waals surface area contributed by atoms with Gasteiger partial charge in [0.1, 0.15) is 0 Å². The van der Waals surface area contributed by atoms with Gasteiger partial charge < -0.3 is 9.80 Å². The lowest BCUT2D eigenvalue weighted by atomic mass is 10.0. The highest BCUT2D eigenvalue weighted by atomic mass is 19.4. The second kappa shape index (κ2) is 5.67. The molecule has 0 radical (unpaired) electrons. The highest BCUT2D eigenvalue weighted by Gasteiger charge is 2.48. The van der Waals surface area contributed by atoms with Crippen LogP contribution in [0.3, 0.4) is 0 Å². The monoisotopic (exact) mass is 354 g/mol.